The van der Waals surface area contributed by atoms with E-state index < -0.39 is 21.3 Å². The summed E-state index contributed by atoms with van der Waals surface area (Å²) in [6.45, 7) is 8.28. The fraction of sp³-hybridized carbons (Fsp3) is 0.579. The molecular formula is C19H26FN3O4S. The third-order valence-electron chi connectivity index (χ3n) is 4.79. The average molecular weight is 411 g/mol. The van der Waals surface area contributed by atoms with Crippen LogP contribution in [0.4, 0.5) is 9.18 Å². The van der Waals surface area contributed by atoms with Crippen LogP contribution in [0.3, 0.4) is 0 Å². The molecule has 154 valence electrons. The van der Waals surface area contributed by atoms with Gasteiger partial charge in [-0.05, 0) is 45.2 Å². The monoisotopic (exact) mass is 411 g/mol. The zero-order valence-corrected chi connectivity index (χ0v) is 17.6. The lowest BCUT2D eigenvalue weighted by molar-refractivity contribution is 0.0122. The molecule has 3 rings (SSSR count). The van der Waals surface area contributed by atoms with E-state index in [9.17, 15) is 17.6 Å². The molecule has 0 bridgehead atoms. The maximum atomic E-state index is 13.6. The Kier molecular flexibility index (Phi) is 5.16. The third kappa shape index (κ3) is 4.14. The summed E-state index contributed by atoms with van der Waals surface area (Å²) in [5.41, 5.74) is 0.303. The van der Waals surface area contributed by atoms with Crippen LogP contribution in [0.2, 0.25) is 0 Å². The van der Waals surface area contributed by atoms with Crippen molar-refractivity contribution in [2.75, 3.05) is 19.3 Å². The SMILES string of the molecule is C[C@H]1CN(C(=O)OC(C)(C)C)CC[C@@H]1n1c(S(C)(=O)=O)nc2cc(F)ccc21. The predicted molar refractivity (Wildman–Crippen MR) is 103 cm³/mol. The molecule has 7 nitrogen and oxygen atoms in total. The van der Waals surface area contributed by atoms with Crippen molar-refractivity contribution in [2.24, 2.45) is 5.92 Å². The number of sulfone groups is 1. The number of fused-ring (bicyclic) bond motifs is 1. The number of halogens is 1. The van der Waals surface area contributed by atoms with Gasteiger partial charge in [0.15, 0.2) is 0 Å². The van der Waals surface area contributed by atoms with Gasteiger partial charge in [-0.1, -0.05) is 6.92 Å². The van der Waals surface area contributed by atoms with Gasteiger partial charge < -0.3 is 14.2 Å². The minimum absolute atomic E-state index is 0.0378. The van der Waals surface area contributed by atoms with E-state index >= 15 is 0 Å². The lowest BCUT2D eigenvalue weighted by atomic mass is 9.93. The number of imidazole rings is 1. The van der Waals surface area contributed by atoms with E-state index in [0.717, 1.165) is 6.26 Å². The van der Waals surface area contributed by atoms with Crippen LogP contribution in [-0.4, -0.2) is 53.9 Å². The number of likely N-dealkylation sites (tertiary alicyclic amines) is 1. The Bertz CT molecular complexity index is 1010. The first-order valence-electron chi connectivity index (χ1n) is 9.22. The zero-order valence-electron chi connectivity index (χ0n) is 16.8. The number of carbonyl (C=O) groups is 1. The first-order chi connectivity index (χ1) is 12.9. The zero-order chi connectivity index (χ0) is 20.9. The molecule has 0 spiro atoms. The molecule has 0 unspecified atom stereocenters. The van der Waals surface area contributed by atoms with Crippen LogP contribution in [0.5, 0.6) is 0 Å². The fourth-order valence-corrected chi connectivity index (χ4v) is 4.50. The summed E-state index contributed by atoms with van der Waals surface area (Å²) in [7, 11) is -3.61. The number of amides is 1. The normalized spacial score (nSPS) is 21.1. The van der Waals surface area contributed by atoms with Crippen molar-refractivity contribution >= 4 is 27.0 Å². The summed E-state index contributed by atoms with van der Waals surface area (Å²) >= 11 is 0. The molecule has 1 fully saturated rings. The second-order valence-electron chi connectivity index (χ2n) is 8.43. The van der Waals surface area contributed by atoms with E-state index in [4.69, 9.17) is 4.74 Å². The van der Waals surface area contributed by atoms with Crippen molar-refractivity contribution in [1.82, 2.24) is 14.5 Å². The molecule has 1 aromatic heterocycles. The average Bonchev–Trinajstić information content (AvgIpc) is 2.91. The molecular weight excluding hydrogens is 385 g/mol. The van der Waals surface area contributed by atoms with Crippen LogP contribution in [-0.2, 0) is 14.6 Å². The minimum Gasteiger partial charge on any atom is -0.444 e. The van der Waals surface area contributed by atoms with E-state index in [1.165, 1.54) is 12.1 Å². The lowest BCUT2D eigenvalue weighted by Gasteiger charge is -2.38. The lowest BCUT2D eigenvalue weighted by Crippen LogP contribution is -2.45. The summed E-state index contributed by atoms with van der Waals surface area (Å²) in [6.07, 6.45) is 1.27. The largest absolute Gasteiger partial charge is 0.444 e. The van der Waals surface area contributed by atoms with Crippen molar-refractivity contribution < 1.29 is 22.3 Å². The molecule has 0 N–H and O–H groups in total. The Hall–Kier alpha value is -2.16. The molecule has 1 amide bonds. The Morgan fingerprint density at radius 1 is 1.32 bits per heavy atom. The van der Waals surface area contributed by atoms with Gasteiger partial charge in [0.05, 0.1) is 11.0 Å². The number of nitrogens with zero attached hydrogens (tertiary/aromatic N) is 3. The molecule has 1 aliphatic rings. The van der Waals surface area contributed by atoms with Crippen LogP contribution in [0.15, 0.2) is 23.4 Å². The second-order valence-corrected chi connectivity index (χ2v) is 10.3. The van der Waals surface area contributed by atoms with Crippen LogP contribution in [0.1, 0.15) is 40.2 Å². The maximum absolute atomic E-state index is 13.6. The van der Waals surface area contributed by atoms with Crippen LogP contribution in [0.25, 0.3) is 11.0 Å². The molecule has 1 aromatic carbocycles. The van der Waals surface area contributed by atoms with Gasteiger partial charge in [-0.15, -0.1) is 0 Å². The van der Waals surface area contributed by atoms with Gasteiger partial charge >= 0.3 is 6.09 Å². The molecule has 1 saturated heterocycles. The highest BCUT2D eigenvalue weighted by molar-refractivity contribution is 7.90. The molecule has 2 heterocycles. The molecule has 2 aromatic rings. The Labute approximate surface area is 164 Å². The highest BCUT2D eigenvalue weighted by Gasteiger charge is 2.35. The van der Waals surface area contributed by atoms with E-state index in [-0.39, 0.29) is 23.2 Å². The number of piperidine rings is 1. The molecule has 2 atom stereocenters. The van der Waals surface area contributed by atoms with Crippen molar-refractivity contribution in [1.29, 1.82) is 0 Å². The standard InChI is InChI=1S/C19H26FN3O4S/c1-12-11-22(18(24)27-19(2,3)4)9-8-15(12)23-16-7-6-13(20)10-14(16)21-17(23)28(5,25)26/h6-7,10,12,15H,8-9,11H2,1-5H3/t12-,15-/m0/s1. The Morgan fingerprint density at radius 3 is 2.57 bits per heavy atom. The van der Waals surface area contributed by atoms with E-state index in [0.29, 0.717) is 30.5 Å². The quantitative estimate of drug-likeness (QED) is 0.757. The van der Waals surface area contributed by atoms with Gasteiger partial charge in [-0.3, -0.25) is 0 Å². The van der Waals surface area contributed by atoms with Gasteiger partial charge in [0.25, 0.3) is 0 Å². The number of ether oxygens (including phenoxy) is 1. The Balaban J connectivity index is 1.95. The first kappa shape index (κ1) is 20.6. The fourth-order valence-electron chi connectivity index (χ4n) is 3.64. The number of aromatic nitrogens is 2. The Morgan fingerprint density at radius 2 is 2.00 bits per heavy atom. The van der Waals surface area contributed by atoms with E-state index in [2.05, 4.69) is 4.98 Å². The number of hydrogen-bond acceptors (Lipinski definition) is 5. The molecule has 0 aliphatic carbocycles. The number of hydrogen-bond donors (Lipinski definition) is 0. The van der Waals surface area contributed by atoms with Crippen molar-refractivity contribution in [3.63, 3.8) is 0 Å². The molecule has 28 heavy (non-hydrogen) atoms. The van der Waals surface area contributed by atoms with Crippen LogP contribution < -0.4 is 0 Å². The highest BCUT2D eigenvalue weighted by Crippen LogP contribution is 2.34. The molecule has 9 heteroatoms. The van der Waals surface area contributed by atoms with Crippen LogP contribution >= 0.6 is 0 Å². The van der Waals surface area contributed by atoms with Crippen molar-refractivity contribution in [2.45, 2.75) is 50.9 Å². The molecule has 0 radical (unpaired) electrons. The topological polar surface area (TPSA) is 81.5 Å². The third-order valence-corrected chi connectivity index (χ3v) is 5.75. The molecule has 0 saturated carbocycles. The molecule has 1 aliphatic heterocycles. The summed E-state index contributed by atoms with van der Waals surface area (Å²) in [6, 6.07) is 3.91. The first-order valence-corrected chi connectivity index (χ1v) is 11.1. The summed E-state index contributed by atoms with van der Waals surface area (Å²) < 4.78 is 45.4. The predicted octanol–water partition coefficient (Wildman–Crippen LogP) is 3.40. The van der Waals surface area contributed by atoms with Gasteiger partial charge in [-0.2, -0.15) is 0 Å². The highest BCUT2D eigenvalue weighted by atomic mass is 32.2. The van der Waals surface area contributed by atoms with Crippen LogP contribution in [0, 0.1) is 11.7 Å². The van der Waals surface area contributed by atoms with E-state index in [1.807, 2.05) is 27.7 Å². The van der Waals surface area contributed by atoms with Gasteiger partial charge in [0, 0.05) is 31.5 Å². The number of rotatable bonds is 2. The second kappa shape index (κ2) is 7.02. The van der Waals surface area contributed by atoms with Crippen molar-refractivity contribution in [3.8, 4) is 0 Å². The summed E-state index contributed by atoms with van der Waals surface area (Å²) in [5.74, 6) is -0.505. The number of carbonyl (C=O) groups excluding carboxylic acids is 1. The van der Waals surface area contributed by atoms with Crippen molar-refractivity contribution in [3.05, 3.63) is 24.0 Å². The van der Waals surface area contributed by atoms with E-state index in [1.54, 1.807) is 15.5 Å². The maximum Gasteiger partial charge on any atom is 0.410 e. The van der Waals surface area contributed by atoms with Gasteiger partial charge in [-0.25, -0.2) is 22.6 Å². The summed E-state index contributed by atoms with van der Waals surface area (Å²) in [5, 5.41) is -0.0735. The minimum atomic E-state index is -3.61. The van der Waals surface area contributed by atoms with Gasteiger partial charge in [0.1, 0.15) is 11.4 Å². The smallest absolute Gasteiger partial charge is 0.410 e. The number of benzene rings is 1. The summed E-state index contributed by atoms with van der Waals surface area (Å²) in [4.78, 5) is 18.2. The van der Waals surface area contributed by atoms with Gasteiger partial charge in [0.2, 0.25) is 15.0 Å².